The molecular weight excluding hydrogens is 337 g/mol. The number of nitrogens with zero attached hydrogens (tertiary/aromatic N) is 2. The standard InChI is InChI=1S/C19H20FN3OS/c1-12-13(2)16(10-21)19(23-14(12)3)25-11-18(24)22-9-8-15-6-4-5-7-17(15)20/h4-7H,8-9,11H2,1-3H3,(H,22,24). The summed E-state index contributed by atoms with van der Waals surface area (Å²) in [7, 11) is 0. The number of pyridine rings is 1. The van der Waals surface area contributed by atoms with Gasteiger partial charge >= 0.3 is 0 Å². The van der Waals surface area contributed by atoms with Crippen molar-refractivity contribution in [3.05, 3.63) is 58.0 Å². The van der Waals surface area contributed by atoms with Crippen molar-refractivity contribution in [3.63, 3.8) is 0 Å². The van der Waals surface area contributed by atoms with Gasteiger partial charge in [0, 0.05) is 12.2 Å². The van der Waals surface area contributed by atoms with Crippen molar-refractivity contribution in [2.75, 3.05) is 12.3 Å². The molecule has 6 heteroatoms. The molecule has 25 heavy (non-hydrogen) atoms. The number of nitrogens with one attached hydrogen (secondary N) is 1. The summed E-state index contributed by atoms with van der Waals surface area (Å²) in [6, 6.07) is 8.69. The topological polar surface area (TPSA) is 65.8 Å². The van der Waals surface area contributed by atoms with Crippen molar-refractivity contribution >= 4 is 17.7 Å². The minimum absolute atomic E-state index is 0.164. The number of rotatable bonds is 6. The van der Waals surface area contributed by atoms with E-state index in [1.165, 1.54) is 17.8 Å². The van der Waals surface area contributed by atoms with Crippen LogP contribution in [0.2, 0.25) is 0 Å². The van der Waals surface area contributed by atoms with Gasteiger partial charge in [0.25, 0.3) is 0 Å². The highest BCUT2D eigenvalue weighted by Crippen LogP contribution is 2.26. The predicted octanol–water partition coefficient (Wildman–Crippen LogP) is 3.47. The predicted molar refractivity (Wildman–Crippen MR) is 97.0 cm³/mol. The molecular formula is C19H20FN3OS. The summed E-state index contributed by atoms with van der Waals surface area (Å²) in [4.78, 5) is 16.4. The van der Waals surface area contributed by atoms with Gasteiger partial charge in [-0.15, -0.1) is 0 Å². The van der Waals surface area contributed by atoms with Gasteiger partial charge in [0.15, 0.2) is 0 Å². The van der Waals surface area contributed by atoms with Crippen molar-refractivity contribution in [2.24, 2.45) is 0 Å². The molecule has 4 nitrogen and oxygen atoms in total. The number of aromatic nitrogens is 1. The maximum atomic E-state index is 13.5. The quantitative estimate of drug-likeness (QED) is 0.804. The van der Waals surface area contributed by atoms with Crippen LogP contribution in [-0.4, -0.2) is 23.2 Å². The van der Waals surface area contributed by atoms with E-state index >= 15 is 0 Å². The Bertz CT molecular complexity index is 830. The molecule has 2 aromatic rings. The number of aryl methyl sites for hydroxylation is 1. The van der Waals surface area contributed by atoms with Gasteiger partial charge in [-0.05, 0) is 49.9 Å². The third-order valence-electron chi connectivity index (χ3n) is 4.09. The second-order valence-electron chi connectivity index (χ2n) is 5.72. The van der Waals surface area contributed by atoms with E-state index in [0.29, 0.717) is 29.1 Å². The number of nitriles is 1. The highest BCUT2D eigenvalue weighted by Gasteiger charge is 2.14. The first kappa shape index (κ1) is 18.9. The van der Waals surface area contributed by atoms with Gasteiger partial charge in [-0.2, -0.15) is 5.26 Å². The van der Waals surface area contributed by atoms with Crippen LogP contribution in [0.25, 0.3) is 0 Å². The van der Waals surface area contributed by atoms with Crippen molar-refractivity contribution in [1.29, 1.82) is 5.26 Å². The molecule has 0 spiro atoms. The van der Waals surface area contributed by atoms with E-state index in [0.717, 1.165) is 16.8 Å². The highest BCUT2D eigenvalue weighted by atomic mass is 32.2. The third kappa shape index (κ3) is 4.80. The summed E-state index contributed by atoms with van der Waals surface area (Å²) < 4.78 is 13.5. The van der Waals surface area contributed by atoms with Crippen LogP contribution in [0.1, 0.15) is 27.9 Å². The fraction of sp³-hybridized carbons (Fsp3) is 0.316. The van der Waals surface area contributed by atoms with Crippen molar-refractivity contribution in [1.82, 2.24) is 10.3 Å². The summed E-state index contributed by atoms with van der Waals surface area (Å²) in [6.45, 7) is 6.08. The molecule has 1 N–H and O–H groups in total. The molecule has 1 amide bonds. The number of benzene rings is 1. The lowest BCUT2D eigenvalue weighted by molar-refractivity contribution is -0.118. The van der Waals surface area contributed by atoms with Crippen LogP contribution in [0, 0.1) is 37.9 Å². The molecule has 0 aliphatic heterocycles. The van der Waals surface area contributed by atoms with Crippen LogP contribution >= 0.6 is 11.8 Å². The molecule has 0 aliphatic rings. The van der Waals surface area contributed by atoms with Crippen LogP contribution in [-0.2, 0) is 11.2 Å². The van der Waals surface area contributed by atoms with Gasteiger partial charge in [0.1, 0.15) is 16.9 Å². The Kier molecular flexibility index (Phi) is 6.54. The zero-order chi connectivity index (χ0) is 18.4. The average Bonchev–Trinajstić information content (AvgIpc) is 2.59. The fourth-order valence-corrected chi connectivity index (χ4v) is 3.28. The molecule has 0 fully saturated rings. The summed E-state index contributed by atoms with van der Waals surface area (Å²) in [5.41, 5.74) is 3.85. The van der Waals surface area contributed by atoms with Crippen molar-refractivity contribution in [3.8, 4) is 6.07 Å². The molecule has 0 radical (unpaired) electrons. The lowest BCUT2D eigenvalue weighted by Gasteiger charge is -2.11. The van der Waals surface area contributed by atoms with Gasteiger partial charge in [-0.25, -0.2) is 9.37 Å². The molecule has 0 aliphatic carbocycles. The molecule has 1 aromatic carbocycles. The lowest BCUT2D eigenvalue weighted by Crippen LogP contribution is -2.27. The van der Waals surface area contributed by atoms with E-state index in [-0.39, 0.29) is 17.5 Å². The molecule has 0 unspecified atom stereocenters. The first-order valence-electron chi connectivity index (χ1n) is 7.94. The van der Waals surface area contributed by atoms with E-state index in [9.17, 15) is 14.4 Å². The Balaban J connectivity index is 1.90. The first-order valence-corrected chi connectivity index (χ1v) is 8.93. The van der Waals surface area contributed by atoms with Crippen LogP contribution in [0.5, 0.6) is 0 Å². The molecule has 1 heterocycles. The summed E-state index contributed by atoms with van der Waals surface area (Å²) in [5.74, 6) is -0.261. The van der Waals surface area contributed by atoms with Crippen molar-refractivity contribution in [2.45, 2.75) is 32.2 Å². The second-order valence-corrected chi connectivity index (χ2v) is 6.68. The second kappa shape index (κ2) is 8.63. The molecule has 0 saturated heterocycles. The van der Waals surface area contributed by atoms with E-state index in [4.69, 9.17) is 0 Å². The largest absolute Gasteiger partial charge is 0.355 e. The van der Waals surface area contributed by atoms with Crippen LogP contribution in [0.3, 0.4) is 0 Å². The van der Waals surface area contributed by atoms with Crippen LogP contribution in [0.15, 0.2) is 29.3 Å². The molecule has 0 atom stereocenters. The van der Waals surface area contributed by atoms with Gasteiger partial charge < -0.3 is 5.32 Å². The van der Waals surface area contributed by atoms with Gasteiger partial charge in [-0.1, -0.05) is 30.0 Å². The smallest absolute Gasteiger partial charge is 0.230 e. The van der Waals surface area contributed by atoms with Crippen molar-refractivity contribution < 1.29 is 9.18 Å². The summed E-state index contributed by atoms with van der Waals surface area (Å²) in [5, 5.41) is 12.7. The minimum atomic E-state index is -0.264. The van der Waals surface area contributed by atoms with Gasteiger partial charge in [-0.3, -0.25) is 4.79 Å². The highest BCUT2D eigenvalue weighted by molar-refractivity contribution is 8.00. The summed E-state index contributed by atoms with van der Waals surface area (Å²) in [6.07, 6.45) is 0.438. The first-order chi connectivity index (χ1) is 11.9. The molecule has 1 aromatic heterocycles. The zero-order valence-electron chi connectivity index (χ0n) is 14.5. The van der Waals surface area contributed by atoms with E-state index in [2.05, 4.69) is 16.4 Å². The number of hydrogen-bond donors (Lipinski definition) is 1. The SMILES string of the molecule is Cc1nc(SCC(=O)NCCc2ccccc2F)c(C#N)c(C)c1C. The zero-order valence-corrected chi connectivity index (χ0v) is 15.3. The average molecular weight is 357 g/mol. The fourth-order valence-electron chi connectivity index (χ4n) is 2.37. The van der Waals surface area contributed by atoms with Gasteiger partial charge in [0.2, 0.25) is 5.91 Å². The Hall–Kier alpha value is -2.39. The van der Waals surface area contributed by atoms with Crippen LogP contribution in [0.4, 0.5) is 4.39 Å². The van der Waals surface area contributed by atoms with Gasteiger partial charge in [0.05, 0.1) is 11.3 Å². The molecule has 0 bridgehead atoms. The van der Waals surface area contributed by atoms with E-state index < -0.39 is 0 Å². The maximum absolute atomic E-state index is 13.5. The normalized spacial score (nSPS) is 10.4. The lowest BCUT2D eigenvalue weighted by atomic mass is 10.1. The number of carbonyl (C=O) groups excluding carboxylic acids is 1. The Labute approximate surface area is 151 Å². The van der Waals surface area contributed by atoms with Crippen LogP contribution < -0.4 is 5.32 Å². The number of carbonyl (C=O) groups is 1. The Morgan fingerprint density at radius 3 is 2.68 bits per heavy atom. The molecule has 0 saturated carbocycles. The van der Waals surface area contributed by atoms with E-state index in [1.807, 2.05) is 20.8 Å². The molecule has 2 rings (SSSR count). The maximum Gasteiger partial charge on any atom is 0.230 e. The third-order valence-corrected chi connectivity index (χ3v) is 5.06. The number of thioether (sulfide) groups is 1. The Morgan fingerprint density at radius 1 is 1.28 bits per heavy atom. The monoisotopic (exact) mass is 357 g/mol. The molecule has 130 valence electrons. The summed E-state index contributed by atoms with van der Waals surface area (Å²) >= 11 is 1.25. The number of halogens is 1. The minimum Gasteiger partial charge on any atom is -0.355 e. The van der Waals surface area contributed by atoms with E-state index in [1.54, 1.807) is 18.2 Å². The number of amides is 1. The Morgan fingerprint density at radius 2 is 2.00 bits per heavy atom. The number of hydrogen-bond acceptors (Lipinski definition) is 4.